The van der Waals surface area contributed by atoms with E-state index < -0.39 is 18.1 Å². The maximum Gasteiger partial charge on any atom is 0.397 e. The Labute approximate surface area is 121 Å². The second kappa shape index (κ2) is 6.28. The third-order valence-corrected chi connectivity index (χ3v) is 3.43. The zero-order valence-electron chi connectivity index (χ0n) is 11.3. The average molecular weight is 294 g/mol. The van der Waals surface area contributed by atoms with Gasteiger partial charge in [0.2, 0.25) is 0 Å². The van der Waals surface area contributed by atoms with Crippen LogP contribution in [0.1, 0.15) is 11.5 Å². The van der Waals surface area contributed by atoms with Crippen molar-refractivity contribution in [3.05, 3.63) is 60.2 Å². The first-order valence-electron chi connectivity index (χ1n) is 6.61. The van der Waals surface area contributed by atoms with Gasteiger partial charge in [0.25, 0.3) is 0 Å². The van der Waals surface area contributed by atoms with Crippen LogP contribution in [-0.2, 0) is 0 Å². The second-order valence-corrected chi connectivity index (χ2v) is 4.91. The molecule has 0 radical (unpaired) electrons. The molecule has 2 aromatic rings. The number of rotatable bonds is 4. The van der Waals surface area contributed by atoms with E-state index >= 15 is 0 Å². The molecule has 2 unspecified atom stereocenters. The number of nitrogens with two attached hydrogens (primary N) is 2. The summed E-state index contributed by atoms with van der Waals surface area (Å²) in [5.41, 5.74) is 12.8. The topological polar surface area (TPSA) is 52.0 Å². The van der Waals surface area contributed by atoms with Crippen LogP contribution in [-0.4, -0.2) is 18.8 Å². The van der Waals surface area contributed by atoms with Crippen LogP contribution in [0.3, 0.4) is 0 Å². The van der Waals surface area contributed by atoms with E-state index in [0.717, 1.165) is 11.1 Å². The van der Waals surface area contributed by atoms with Gasteiger partial charge >= 0.3 is 6.18 Å². The van der Waals surface area contributed by atoms with Gasteiger partial charge in [-0.25, -0.2) is 0 Å². The molecule has 0 saturated carbocycles. The first-order chi connectivity index (χ1) is 9.93. The Bertz CT molecular complexity index is 564. The predicted molar refractivity (Wildman–Crippen MR) is 77.7 cm³/mol. The normalized spacial score (nSPS) is 14.7. The van der Waals surface area contributed by atoms with E-state index in [1.54, 1.807) is 12.1 Å². The number of alkyl halides is 3. The molecule has 0 bridgehead atoms. The van der Waals surface area contributed by atoms with Gasteiger partial charge in [0.05, 0.1) is 5.92 Å². The summed E-state index contributed by atoms with van der Waals surface area (Å²) < 4.78 is 39.4. The van der Waals surface area contributed by atoms with Gasteiger partial charge in [-0.3, -0.25) is 0 Å². The minimum atomic E-state index is -4.41. The van der Waals surface area contributed by atoms with Crippen LogP contribution in [0.5, 0.6) is 0 Å². The highest BCUT2D eigenvalue weighted by atomic mass is 19.4. The Morgan fingerprint density at radius 3 is 1.86 bits per heavy atom. The van der Waals surface area contributed by atoms with Crippen molar-refractivity contribution in [2.24, 2.45) is 11.5 Å². The van der Waals surface area contributed by atoms with Crippen molar-refractivity contribution in [1.29, 1.82) is 0 Å². The fourth-order valence-corrected chi connectivity index (χ4v) is 2.33. The highest BCUT2D eigenvalue weighted by molar-refractivity contribution is 5.63. The lowest BCUT2D eigenvalue weighted by Crippen LogP contribution is -2.42. The molecule has 0 fully saturated rings. The van der Waals surface area contributed by atoms with Crippen LogP contribution in [0.15, 0.2) is 54.6 Å². The predicted octanol–water partition coefficient (Wildman–Crippen LogP) is 3.29. The van der Waals surface area contributed by atoms with Gasteiger partial charge in [0.15, 0.2) is 0 Å². The number of hydrogen-bond acceptors (Lipinski definition) is 2. The summed E-state index contributed by atoms with van der Waals surface area (Å²) in [6.07, 6.45) is -4.41. The minimum Gasteiger partial charge on any atom is -0.329 e. The standard InChI is InChI=1S/C16H17F3N2/c17-16(18,19)15(14(21)10-20)13-8-6-12(7-9-13)11-4-2-1-3-5-11/h1-9,14-15H,10,20-21H2. The third-order valence-electron chi connectivity index (χ3n) is 3.43. The Morgan fingerprint density at radius 2 is 1.38 bits per heavy atom. The minimum absolute atomic E-state index is 0.139. The van der Waals surface area contributed by atoms with Crippen LogP contribution in [0.25, 0.3) is 11.1 Å². The summed E-state index contributed by atoms with van der Waals surface area (Å²) in [7, 11) is 0. The summed E-state index contributed by atoms with van der Waals surface area (Å²) in [5.74, 6) is -1.74. The van der Waals surface area contributed by atoms with Gasteiger partial charge in [-0.15, -0.1) is 0 Å². The van der Waals surface area contributed by atoms with Gasteiger partial charge in [0.1, 0.15) is 0 Å². The van der Waals surface area contributed by atoms with Crippen molar-refractivity contribution < 1.29 is 13.2 Å². The molecule has 2 nitrogen and oxygen atoms in total. The van der Waals surface area contributed by atoms with E-state index in [0.29, 0.717) is 0 Å². The van der Waals surface area contributed by atoms with E-state index in [1.807, 2.05) is 30.3 Å². The first-order valence-corrected chi connectivity index (χ1v) is 6.61. The van der Waals surface area contributed by atoms with E-state index in [9.17, 15) is 13.2 Å². The molecule has 2 rings (SSSR count). The van der Waals surface area contributed by atoms with Gasteiger partial charge in [-0.1, -0.05) is 54.6 Å². The van der Waals surface area contributed by atoms with E-state index in [2.05, 4.69) is 0 Å². The second-order valence-electron chi connectivity index (χ2n) is 4.91. The average Bonchev–Trinajstić information content (AvgIpc) is 2.47. The molecule has 0 saturated heterocycles. The molecule has 112 valence electrons. The fraction of sp³-hybridized carbons (Fsp3) is 0.250. The van der Waals surface area contributed by atoms with Crippen LogP contribution in [0, 0.1) is 0 Å². The number of benzene rings is 2. The van der Waals surface area contributed by atoms with Crippen molar-refractivity contribution in [2.75, 3.05) is 6.54 Å². The Kier molecular flexibility index (Phi) is 4.65. The fourth-order valence-electron chi connectivity index (χ4n) is 2.33. The van der Waals surface area contributed by atoms with Crippen molar-refractivity contribution in [3.63, 3.8) is 0 Å². The molecular weight excluding hydrogens is 277 g/mol. The summed E-state index contributed by atoms with van der Waals surface area (Å²) in [6.45, 7) is -0.218. The summed E-state index contributed by atoms with van der Waals surface area (Å²) in [4.78, 5) is 0. The number of halogens is 3. The van der Waals surface area contributed by atoms with Gasteiger partial charge in [-0.05, 0) is 16.7 Å². The van der Waals surface area contributed by atoms with Crippen molar-refractivity contribution in [2.45, 2.75) is 18.1 Å². The molecule has 5 heteroatoms. The van der Waals surface area contributed by atoms with Crippen molar-refractivity contribution in [1.82, 2.24) is 0 Å². The maximum absolute atomic E-state index is 13.1. The zero-order chi connectivity index (χ0) is 15.5. The van der Waals surface area contributed by atoms with Crippen molar-refractivity contribution >= 4 is 0 Å². The molecule has 0 spiro atoms. The molecule has 0 aromatic heterocycles. The Balaban J connectivity index is 2.32. The van der Waals surface area contributed by atoms with Gasteiger partial charge < -0.3 is 11.5 Å². The van der Waals surface area contributed by atoms with E-state index in [1.165, 1.54) is 12.1 Å². The van der Waals surface area contributed by atoms with E-state index in [4.69, 9.17) is 11.5 Å². The molecule has 0 aliphatic carbocycles. The summed E-state index contributed by atoms with van der Waals surface area (Å²) in [5, 5.41) is 0. The monoisotopic (exact) mass is 294 g/mol. The van der Waals surface area contributed by atoms with Crippen LogP contribution >= 0.6 is 0 Å². The zero-order valence-corrected chi connectivity index (χ0v) is 11.3. The van der Waals surface area contributed by atoms with Crippen LogP contribution in [0.2, 0.25) is 0 Å². The molecule has 0 aliphatic rings. The largest absolute Gasteiger partial charge is 0.397 e. The number of hydrogen-bond donors (Lipinski definition) is 2. The van der Waals surface area contributed by atoms with Crippen LogP contribution in [0.4, 0.5) is 13.2 Å². The molecule has 2 atom stereocenters. The lowest BCUT2D eigenvalue weighted by Gasteiger charge is -2.25. The Morgan fingerprint density at radius 1 is 0.857 bits per heavy atom. The molecule has 4 N–H and O–H groups in total. The lowest BCUT2D eigenvalue weighted by atomic mass is 9.90. The molecular formula is C16H17F3N2. The van der Waals surface area contributed by atoms with Crippen molar-refractivity contribution in [3.8, 4) is 11.1 Å². The molecule has 0 aliphatic heterocycles. The van der Waals surface area contributed by atoms with Crippen LogP contribution < -0.4 is 11.5 Å². The summed E-state index contributed by atoms with van der Waals surface area (Å²) >= 11 is 0. The molecule has 0 heterocycles. The smallest absolute Gasteiger partial charge is 0.329 e. The van der Waals surface area contributed by atoms with Gasteiger partial charge in [-0.2, -0.15) is 13.2 Å². The maximum atomic E-state index is 13.1. The summed E-state index contributed by atoms with van der Waals surface area (Å²) in [6, 6.07) is 14.6. The highest BCUT2D eigenvalue weighted by Gasteiger charge is 2.43. The first kappa shape index (κ1) is 15.5. The SMILES string of the molecule is NCC(N)C(c1ccc(-c2ccccc2)cc1)C(F)(F)F. The molecule has 0 amide bonds. The highest BCUT2D eigenvalue weighted by Crippen LogP contribution is 2.37. The van der Waals surface area contributed by atoms with Gasteiger partial charge in [0, 0.05) is 12.6 Å². The Hall–Kier alpha value is -1.85. The lowest BCUT2D eigenvalue weighted by molar-refractivity contribution is -0.154. The molecule has 2 aromatic carbocycles. The van der Waals surface area contributed by atoms with E-state index in [-0.39, 0.29) is 12.1 Å². The third kappa shape index (κ3) is 3.62. The quantitative estimate of drug-likeness (QED) is 0.909. The molecule has 21 heavy (non-hydrogen) atoms.